The van der Waals surface area contributed by atoms with Gasteiger partial charge in [0.05, 0.1) is 24.4 Å². The monoisotopic (exact) mass is 731 g/mol. The second kappa shape index (κ2) is 16.3. The van der Waals surface area contributed by atoms with Crippen molar-refractivity contribution in [3.8, 4) is 0 Å². The van der Waals surface area contributed by atoms with Crippen LogP contribution in [0.2, 0.25) is 0 Å². The second-order valence-electron chi connectivity index (χ2n) is 18.2. The predicted molar refractivity (Wildman–Crippen MR) is 195 cm³/mol. The van der Waals surface area contributed by atoms with Gasteiger partial charge in [-0.2, -0.15) is 0 Å². The lowest BCUT2D eigenvalue weighted by molar-refractivity contribution is -0.234. The molecule has 1 heterocycles. The van der Waals surface area contributed by atoms with E-state index in [-0.39, 0.29) is 12.3 Å². The van der Waals surface area contributed by atoms with Crippen molar-refractivity contribution in [2.24, 2.45) is 17.8 Å². The van der Waals surface area contributed by atoms with Crippen molar-refractivity contribution < 1.29 is 47.7 Å². The Bertz CT molecular complexity index is 1440. The molecule has 0 aliphatic carbocycles. The summed E-state index contributed by atoms with van der Waals surface area (Å²) >= 11 is 0. The molecule has 1 aliphatic rings. The van der Waals surface area contributed by atoms with Crippen LogP contribution in [0.5, 0.6) is 0 Å². The Morgan fingerprint density at radius 1 is 0.712 bits per heavy atom. The molecule has 1 aromatic carbocycles. The molecule has 13 nitrogen and oxygen atoms in total. The topological polar surface area (TPSA) is 171 Å². The second-order valence-corrected chi connectivity index (χ2v) is 18.2. The van der Waals surface area contributed by atoms with Gasteiger partial charge in [-0.3, -0.25) is 29.4 Å². The third-order valence-corrected chi connectivity index (χ3v) is 7.22. The number of nitrogens with zero attached hydrogens (tertiary/aromatic N) is 1. The number of hydrogen-bond acceptors (Lipinski definition) is 11. The number of carbonyl (C=O) groups excluding carboxylic acids is 5. The molecule has 1 aromatic rings. The van der Waals surface area contributed by atoms with Gasteiger partial charge in [-0.25, -0.2) is 0 Å². The van der Waals surface area contributed by atoms with Gasteiger partial charge >= 0.3 is 17.9 Å². The Morgan fingerprint density at radius 3 is 1.54 bits per heavy atom. The Hall–Kier alpha value is -4.00. The first kappa shape index (κ1) is 44.2. The van der Waals surface area contributed by atoms with Crippen LogP contribution in [0, 0.1) is 23.2 Å². The summed E-state index contributed by atoms with van der Waals surface area (Å²) < 4.78 is 30.0. The summed E-state index contributed by atoms with van der Waals surface area (Å²) in [5, 5.41) is 11.7. The van der Waals surface area contributed by atoms with Gasteiger partial charge in [-0.15, -0.1) is 0 Å². The summed E-state index contributed by atoms with van der Waals surface area (Å²) in [6.45, 7) is 25.3. The summed E-state index contributed by atoms with van der Waals surface area (Å²) in [4.78, 5) is 71.8. The molecule has 0 spiro atoms. The van der Waals surface area contributed by atoms with Crippen LogP contribution < -0.4 is 5.32 Å². The molecule has 0 saturated carbocycles. The highest BCUT2D eigenvalue weighted by Gasteiger charge is 2.60. The van der Waals surface area contributed by atoms with E-state index < -0.39 is 87.9 Å². The molecule has 13 heteroatoms. The number of ether oxygens (including phenoxy) is 5. The number of esters is 3. The maximum absolute atomic E-state index is 14.5. The molecule has 1 saturated heterocycles. The van der Waals surface area contributed by atoms with Gasteiger partial charge in [-0.1, -0.05) is 30.3 Å². The predicted octanol–water partition coefficient (Wildman–Crippen LogP) is 5.88. The summed E-state index contributed by atoms with van der Waals surface area (Å²) in [5.74, 6) is -8.63. The van der Waals surface area contributed by atoms with Crippen LogP contribution in [0.25, 0.3) is 0 Å². The average Bonchev–Trinajstić information content (AvgIpc) is 2.90. The van der Waals surface area contributed by atoms with E-state index in [4.69, 9.17) is 29.1 Å². The van der Waals surface area contributed by atoms with E-state index in [1.807, 2.05) is 0 Å². The summed E-state index contributed by atoms with van der Waals surface area (Å²) in [7, 11) is 0. The smallest absolute Gasteiger partial charge is 0.314 e. The Balaban J connectivity index is 3.05. The third kappa shape index (κ3) is 13.5. The van der Waals surface area contributed by atoms with Gasteiger partial charge in [0.25, 0.3) is 0 Å². The zero-order valence-electron chi connectivity index (χ0n) is 33.7. The van der Waals surface area contributed by atoms with Gasteiger partial charge in [0, 0.05) is 5.54 Å². The number of nitrogens with one attached hydrogen (secondary N) is 2. The average molecular weight is 732 g/mol. The molecule has 52 heavy (non-hydrogen) atoms. The molecular weight excluding hydrogens is 670 g/mol. The molecule has 2 rings (SSSR count). The molecular formula is C39H61N3O10. The van der Waals surface area contributed by atoms with Gasteiger partial charge in [0.2, 0.25) is 12.3 Å². The van der Waals surface area contributed by atoms with Crippen molar-refractivity contribution >= 4 is 36.1 Å². The number of amides is 2. The van der Waals surface area contributed by atoms with Crippen molar-refractivity contribution in [1.29, 1.82) is 5.41 Å². The van der Waals surface area contributed by atoms with Crippen LogP contribution in [0.3, 0.4) is 0 Å². The molecule has 0 bridgehead atoms. The summed E-state index contributed by atoms with van der Waals surface area (Å²) in [5.41, 5.74) is -4.37. The molecule has 0 aromatic heterocycles. The fourth-order valence-electron chi connectivity index (χ4n) is 5.77. The minimum Gasteiger partial charge on any atom is -0.475 e. The maximum Gasteiger partial charge on any atom is 0.314 e. The molecule has 1 aliphatic heterocycles. The number of hydrogen-bond donors (Lipinski definition) is 2. The Labute approximate surface area is 309 Å². The van der Waals surface area contributed by atoms with Crippen molar-refractivity contribution in [2.75, 3.05) is 0 Å². The molecule has 6 atom stereocenters. The van der Waals surface area contributed by atoms with Crippen LogP contribution >= 0.6 is 0 Å². The summed E-state index contributed by atoms with van der Waals surface area (Å²) in [6, 6.07) is 7.05. The van der Waals surface area contributed by atoms with Gasteiger partial charge in [0.1, 0.15) is 40.6 Å². The van der Waals surface area contributed by atoms with Crippen molar-refractivity contribution in [1.82, 2.24) is 10.2 Å². The largest absolute Gasteiger partial charge is 0.475 e. The Morgan fingerprint density at radius 2 is 1.13 bits per heavy atom. The maximum atomic E-state index is 14.5. The highest BCUT2D eigenvalue weighted by Crippen LogP contribution is 2.44. The van der Waals surface area contributed by atoms with Crippen LogP contribution in [0.4, 0.5) is 0 Å². The fourth-order valence-corrected chi connectivity index (χ4v) is 5.77. The van der Waals surface area contributed by atoms with E-state index in [9.17, 15) is 24.0 Å². The van der Waals surface area contributed by atoms with Gasteiger partial charge in [-0.05, 0) is 109 Å². The number of rotatable bonds is 10. The zero-order chi connectivity index (χ0) is 40.2. The first-order chi connectivity index (χ1) is 23.4. The standard InChI is InChI=1S/C39H61N3O10/c1-35(2,3)41-30(44)29(23-19-17-16-18-20-23)42(22-43)31-28(34(47)52-39(13,14)15)27(33(46)51-38(10,11)12)26(32(45)50-37(7,8)9)24(48-31)21-25(40)49-36(4,5)6/h16-20,22,24,26-29,31,40H,21H2,1-15H3,(H,41,44)/t24-,26+,27+,28-,29-,31-/m1/s1. The van der Waals surface area contributed by atoms with E-state index in [2.05, 4.69) is 5.32 Å². The normalized spacial score (nSPS) is 21.9. The molecule has 2 amide bonds. The number of carbonyl (C=O) groups is 5. The van der Waals surface area contributed by atoms with Crippen molar-refractivity contribution in [2.45, 2.75) is 157 Å². The molecule has 2 N–H and O–H groups in total. The lowest BCUT2D eigenvalue weighted by Gasteiger charge is -2.49. The molecule has 1 fully saturated rings. The quantitative estimate of drug-likeness (QED) is 0.0974. The van der Waals surface area contributed by atoms with E-state index in [0.29, 0.717) is 12.0 Å². The molecule has 0 unspecified atom stereocenters. The van der Waals surface area contributed by atoms with Gasteiger partial charge < -0.3 is 33.9 Å². The van der Waals surface area contributed by atoms with Crippen LogP contribution in [0.15, 0.2) is 30.3 Å². The van der Waals surface area contributed by atoms with Crippen molar-refractivity contribution in [3.05, 3.63) is 35.9 Å². The number of benzene rings is 1. The zero-order valence-corrected chi connectivity index (χ0v) is 33.7. The highest BCUT2D eigenvalue weighted by molar-refractivity contribution is 5.90. The molecule has 292 valence electrons. The SMILES string of the molecule is CC(C)(C)NC(=O)[C@@H](c1ccccc1)N(C=O)[C@@H]1O[C@H](CC(=N)OC(C)(C)C)[C@H](C(=O)OC(C)(C)C)[C@H](C(=O)OC(C)(C)C)[C@H]1C(=O)OC(C)(C)C. The molecule has 0 radical (unpaired) electrons. The van der Waals surface area contributed by atoms with Crippen LogP contribution in [-0.4, -0.2) is 81.3 Å². The van der Waals surface area contributed by atoms with E-state index in [1.54, 1.807) is 134 Å². The van der Waals surface area contributed by atoms with Crippen molar-refractivity contribution in [3.63, 3.8) is 0 Å². The fraction of sp³-hybridized carbons (Fsp3) is 0.692. The van der Waals surface area contributed by atoms with E-state index in [0.717, 1.165) is 4.90 Å². The first-order valence-electron chi connectivity index (χ1n) is 17.6. The third-order valence-electron chi connectivity index (χ3n) is 7.22. The minimum absolute atomic E-state index is 0.286. The van der Waals surface area contributed by atoms with E-state index >= 15 is 0 Å². The van der Waals surface area contributed by atoms with Crippen LogP contribution in [0.1, 0.15) is 122 Å². The van der Waals surface area contributed by atoms with Crippen LogP contribution in [-0.2, 0) is 47.7 Å². The lowest BCUT2D eigenvalue weighted by Crippen LogP contribution is -2.63. The minimum atomic E-state index is -1.71. The van der Waals surface area contributed by atoms with E-state index in [1.165, 1.54) is 0 Å². The Kier molecular flexibility index (Phi) is 13.9. The summed E-state index contributed by atoms with van der Waals surface area (Å²) in [6.07, 6.45) is -3.06. The lowest BCUT2D eigenvalue weighted by atomic mass is 9.73. The first-order valence-corrected chi connectivity index (χ1v) is 17.6. The van der Waals surface area contributed by atoms with Gasteiger partial charge in [0.15, 0.2) is 5.90 Å². The highest BCUT2D eigenvalue weighted by atomic mass is 16.6.